The number of amides is 1. The van der Waals surface area contributed by atoms with Gasteiger partial charge in [-0.05, 0) is 30.9 Å². The van der Waals surface area contributed by atoms with Crippen LogP contribution < -0.4 is 11.1 Å². The van der Waals surface area contributed by atoms with Gasteiger partial charge in [0.2, 0.25) is 5.91 Å². The SMILES string of the molecule is CNC(CCSCC(C)CO)C(N)=O. The minimum absolute atomic E-state index is 0.221. The lowest BCUT2D eigenvalue weighted by atomic mass is 10.2. The number of carbonyl (C=O) groups excluding carboxylic acids is 1. The second-order valence-corrected chi connectivity index (χ2v) is 4.54. The zero-order chi connectivity index (χ0) is 11.0. The number of nitrogens with one attached hydrogen (secondary N) is 1. The zero-order valence-corrected chi connectivity index (χ0v) is 9.64. The van der Waals surface area contributed by atoms with Gasteiger partial charge in [-0.25, -0.2) is 0 Å². The molecule has 5 heteroatoms. The Hall–Kier alpha value is -0.260. The Kier molecular flexibility index (Phi) is 7.93. The fourth-order valence-electron chi connectivity index (χ4n) is 0.967. The first-order valence-electron chi connectivity index (χ1n) is 4.77. The van der Waals surface area contributed by atoms with Crippen molar-refractivity contribution in [1.82, 2.24) is 5.32 Å². The lowest BCUT2D eigenvalue weighted by molar-refractivity contribution is -0.119. The molecule has 0 aliphatic rings. The molecule has 0 bridgehead atoms. The van der Waals surface area contributed by atoms with E-state index in [1.807, 2.05) is 6.92 Å². The van der Waals surface area contributed by atoms with Crippen LogP contribution in [-0.2, 0) is 4.79 Å². The van der Waals surface area contributed by atoms with Crippen LogP contribution in [0.4, 0.5) is 0 Å². The van der Waals surface area contributed by atoms with Gasteiger partial charge in [0.15, 0.2) is 0 Å². The van der Waals surface area contributed by atoms with Gasteiger partial charge in [-0.15, -0.1) is 0 Å². The monoisotopic (exact) mass is 220 g/mol. The number of rotatable bonds is 8. The van der Waals surface area contributed by atoms with Crippen LogP contribution in [0.3, 0.4) is 0 Å². The van der Waals surface area contributed by atoms with Crippen molar-refractivity contribution in [2.45, 2.75) is 19.4 Å². The van der Waals surface area contributed by atoms with E-state index in [-0.39, 0.29) is 18.6 Å². The Morgan fingerprint density at radius 1 is 1.64 bits per heavy atom. The molecule has 0 fully saturated rings. The summed E-state index contributed by atoms with van der Waals surface area (Å²) in [4.78, 5) is 10.8. The molecular weight excluding hydrogens is 200 g/mol. The average Bonchev–Trinajstić information content (AvgIpc) is 2.16. The fraction of sp³-hybridized carbons (Fsp3) is 0.889. The normalized spacial score (nSPS) is 15.1. The van der Waals surface area contributed by atoms with Gasteiger partial charge in [0, 0.05) is 6.61 Å². The van der Waals surface area contributed by atoms with E-state index < -0.39 is 0 Å². The number of aliphatic hydroxyl groups is 1. The third kappa shape index (κ3) is 6.23. The minimum Gasteiger partial charge on any atom is -0.396 e. The predicted molar refractivity (Wildman–Crippen MR) is 60.2 cm³/mol. The van der Waals surface area contributed by atoms with Gasteiger partial charge in [-0.2, -0.15) is 11.8 Å². The van der Waals surface area contributed by atoms with Gasteiger partial charge in [-0.1, -0.05) is 6.92 Å². The van der Waals surface area contributed by atoms with Gasteiger partial charge < -0.3 is 16.2 Å². The number of thioether (sulfide) groups is 1. The van der Waals surface area contributed by atoms with Gasteiger partial charge in [-0.3, -0.25) is 4.79 Å². The van der Waals surface area contributed by atoms with Crippen molar-refractivity contribution in [2.75, 3.05) is 25.2 Å². The molecule has 0 rings (SSSR count). The van der Waals surface area contributed by atoms with Crippen LogP contribution in [-0.4, -0.2) is 42.2 Å². The van der Waals surface area contributed by atoms with E-state index >= 15 is 0 Å². The van der Waals surface area contributed by atoms with Crippen molar-refractivity contribution in [1.29, 1.82) is 0 Å². The summed E-state index contributed by atoms with van der Waals surface area (Å²) in [6, 6.07) is -0.230. The molecule has 0 aromatic carbocycles. The summed E-state index contributed by atoms with van der Waals surface area (Å²) in [7, 11) is 1.73. The first-order valence-corrected chi connectivity index (χ1v) is 5.92. The predicted octanol–water partition coefficient (Wildman–Crippen LogP) is -0.189. The van der Waals surface area contributed by atoms with Crippen LogP contribution in [0, 0.1) is 5.92 Å². The maximum atomic E-state index is 10.8. The highest BCUT2D eigenvalue weighted by molar-refractivity contribution is 7.99. The van der Waals surface area contributed by atoms with E-state index in [9.17, 15) is 4.79 Å². The molecule has 0 aromatic heterocycles. The highest BCUT2D eigenvalue weighted by atomic mass is 32.2. The van der Waals surface area contributed by atoms with Crippen LogP contribution in [0.5, 0.6) is 0 Å². The molecule has 1 amide bonds. The molecule has 0 spiro atoms. The van der Waals surface area contributed by atoms with Crippen molar-refractivity contribution in [3.8, 4) is 0 Å². The first-order chi connectivity index (χ1) is 6.61. The number of aliphatic hydroxyl groups excluding tert-OH is 1. The molecule has 4 N–H and O–H groups in total. The van der Waals surface area contributed by atoms with Gasteiger partial charge in [0.25, 0.3) is 0 Å². The molecule has 2 atom stereocenters. The Morgan fingerprint density at radius 2 is 2.29 bits per heavy atom. The number of primary amides is 1. The number of hydrogen-bond acceptors (Lipinski definition) is 4. The molecule has 0 radical (unpaired) electrons. The van der Waals surface area contributed by atoms with Crippen LogP contribution in [0.2, 0.25) is 0 Å². The van der Waals surface area contributed by atoms with E-state index in [1.54, 1.807) is 18.8 Å². The van der Waals surface area contributed by atoms with E-state index in [4.69, 9.17) is 10.8 Å². The molecule has 2 unspecified atom stereocenters. The van der Waals surface area contributed by atoms with Crippen molar-refractivity contribution in [3.05, 3.63) is 0 Å². The molecule has 0 aliphatic carbocycles. The molecule has 0 saturated heterocycles. The van der Waals surface area contributed by atoms with Crippen LogP contribution in [0.25, 0.3) is 0 Å². The summed E-state index contributed by atoms with van der Waals surface area (Å²) in [6.45, 7) is 2.22. The smallest absolute Gasteiger partial charge is 0.234 e. The van der Waals surface area contributed by atoms with E-state index in [0.717, 1.165) is 17.9 Å². The summed E-state index contributed by atoms with van der Waals surface area (Å²) in [5.41, 5.74) is 5.16. The topological polar surface area (TPSA) is 75.3 Å². The molecule has 84 valence electrons. The summed E-state index contributed by atoms with van der Waals surface area (Å²) >= 11 is 1.74. The van der Waals surface area contributed by atoms with Crippen molar-refractivity contribution in [2.24, 2.45) is 11.7 Å². The third-order valence-corrected chi connectivity index (χ3v) is 3.29. The molecular formula is C9H20N2O2S. The first kappa shape index (κ1) is 13.7. The minimum atomic E-state index is -0.302. The molecule has 0 aromatic rings. The Labute approximate surface area is 89.6 Å². The second kappa shape index (κ2) is 8.08. The van der Waals surface area contributed by atoms with E-state index in [1.165, 1.54) is 0 Å². The Balaban J connectivity index is 3.47. The fourth-order valence-corrected chi connectivity index (χ4v) is 2.04. The van der Waals surface area contributed by atoms with E-state index in [2.05, 4.69) is 5.32 Å². The molecule has 0 heterocycles. The van der Waals surface area contributed by atoms with Gasteiger partial charge in [0.1, 0.15) is 0 Å². The van der Waals surface area contributed by atoms with Crippen molar-refractivity contribution in [3.63, 3.8) is 0 Å². The van der Waals surface area contributed by atoms with Crippen LogP contribution in [0.1, 0.15) is 13.3 Å². The number of hydrogen-bond donors (Lipinski definition) is 3. The maximum Gasteiger partial charge on any atom is 0.234 e. The molecule has 14 heavy (non-hydrogen) atoms. The van der Waals surface area contributed by atoms with Gasteiger partial charge in [0.05, 0.1) is 6.04 Å². The molecule has 4 nitrogen and oxygen atoms in total. The van der Waals surface area contributed by atoms with Crippen molar-refractivity contribution >= 4 is 17.7 Å². The lowest BCUT2D eigenvalue weighted by Gasteiger charge is -2.12. The standard InChI is InChI=1S/C9H20N2O2S/c1-7(5-12)6-14-4-3-8(11-2)9(10)13/h7-8,11-12H,3-6H2,1-2H3,(H2,10,13). The summed E-state index contributed by atoms with van der Waals surface area (Å²) < 4.78 is 0. The summed E-state index contributed by atoms with van der Waals surface area (Å²) in [5.74, 6) is 1.83. The van der Waals surface area contributed by atoms with Crippen molar-refractivity contribution < 1.29 is 9.90 Å². The van der Waals surface area contributed by atoms with E-state index in [0.29, 0.717) is 5.92 Å². The summed E-state index contributed by atoms with van der Waals surface area (Å²) in [5, 5.41) is 11.6. The quantitative estimate of drug-likeness (QED) is 0.496. The third-order valence-electron chi connectivity index (χ3n) is 1.96. The van der Waals surface area contributed by atoms with Gasteiger partial charge >= 0.3 is 0 Å². The number of nitrogens with two attached hydrogens (primary N) is 1. The number of carbonyl (C=O) groups is 1. The molecule has 0 saturated carbocycles. The summed E-state index contributed by atoms with van der Waals surface area (Å²) in [6.07, 6.45) is 0.745. The highest BCUT2D eigenvalue weighted by Gasteiger charge is 2.11. The van der Waals surface area contributed by atoms with Crippen LogP contribution in [0.15, 0.2) is 0 Å². The zero-order valence-electron chi connectivity index (χ0n) is 8.82. The average molecular weight is 220 g/mol. The Bertz CT molecular complexity index is 167. The Morgan fingerprint density at radius 3 is 2.71 bits per heavy atom. The molecule has 0 aliphatic heterocycles. The lowest BCUT2D eigenvalue weighted by Crippen LogP contribution is -2.39. The largest absolute Gasteiger partial charge is 0.396 e. The number of likely N-dealkylation sites (N-methyl/N-ethyl adjacent to an activating group) is 1. The highest BCUT2D eigenvalue weighted by Crippen LogP contribution is 2.10. The van der Waals surface area contributed by atoms with Crippen LogP contribution >= 0.6 is 11.8 Å². The maximum absolute atomic E-state index is 10.8. The second-order valence-electron chi connectivity index (χ2n) is 3.39.